The van der Waals surface area contributed by atoms with Gasteiger partial charge in [0.25, 0.3) is 6.08 Å². The number of aromatic nitrogens is 2. The van der Waals surface area contributed by atoms with Crippen LogP contribution in [-0.4, -0.2) is 50.9 Å². The van der Waals surface area contributed by atoms with Crippen LogP contribution in [0.1, 0.15) is 38.4 Å². The van der Waals surface area contributed by atoms with E-state index >= 15 is 0 Å². The van der Waals surface area contributed by atoms with Crippen LogP contribution in [0.2, 0.25) is 0 Å². The van der Waals surface area contributed by atoms with Crippen molar-refractivity contribution >= 4 is 29.8 Å². The lowest BCUT2D eigenvalue weighted by atomic mass is 10.0. The molecule has 8 nitrogen and oxygen atoms in total. The molecule has 192 valence electrons. The van der Waals surface area contributed by atoms with Crippen LogP contribution in [0, 0.1) is 23.5 Å². The minimum atomic E-state index is -1.34. The number of carbonyl (C=O) groups is 2. The number of nitrogens with one attached hydrogen (secondary N) is 2. The summed E-state index contributed by atoms with van der Waals surface area (Å²) in [7, 11) is 0. The SMILES string of the molecule is CSNc1nc(F)n2c1CN(C(=O)CC(Cc1cc(F)c(F)cc1F)NC(=O)OC(C)(C)C)CC2. The molecule has 35 heavy (non-hydrogen) atoms. The highest BCUT2D eigenvalue weighted by atomic mass is 32.2. The number of carbonyl (C=O) groups excluding carboxylic acids is 2. The van der Waals surface area contributed by atoms with E-state index in [9.17, 15) is 27.2 Å². The van der Waals surface area contributed by atoms with Crippen molar-refractivity contribution in [3.63, 3.8) is 0 Å². The number of fused-ring (bicyclic) bond motifs is 1. The van der Waals surface area contributed by atoms with Crippen LogP contribution in [0.3, 0.4) is 0 Å². The maximum Gasteiger partial charge on any atom is 0.407 e. The van der Waals surface area contributed by atoms with Gasteiger partial charge in [-0.05, 0) is 38.8 Å². The first-order chi connectivity index (χ1) is 16.4. The second-order valence-corrected chi connectivity index (χ2v) is 9.67. The number of anilines is 1. The summed E-state index contributed by atoms with van der Waals surface area (Å²) in [5, 5.41) is 2.52. The van der Waals surface area contributed by atoms with Gasteiger partial charge in [0.05, 0.1) is 12.2 Å². The largest absolute Gasteiger partial charge is 0.444 e. The molecule has 1 aliphatic rings. The molecule has 3 rings (SSSR count). The average Bonchev–Trinajstić information content (AvgIpc) is 3.05. The summed E-state index contributed by atoms with van der Waals surface area (Å²) in [4.78, 5) is 30.8. The first-order valence-corrected chi connectivity index (χ1v) is 12.0. The zero-order valence-electron chi connectivity index (χ0n) is 19.8. The van der Waals surface area contributed by atoms with Crippen molar-refractivity contribution < 1.29 is 31.9 Å². The molecule has 0 spiro atoms. The van der Waals surface area contributed by atoms with E-state index in [-0.39, 0.29) is 38.0 Å². The summed E-state index contributed by atoms with van der Waals surface area (Å²) in [5.41, 5.74) is -0.551. The van der Waals surface area contributed by atoms with Crippen LogP contribution < -0.4 is 10.0 Å². The minimum Gasteiger partial charge on any atom is -0.444 e. The molecular weight excluding hydrogens is 490 g/mol. The Morgan fingerprint density at radius 2 is 1.83 bits per heavy atom. The number of imidazole rings is 1. The van der Waals surface area contributed by atoms with Crippen molar-refractivity contribution in [2.45, 2.75) is 58.3 Å². The van der Waals surface area contributed by atoms with E-state index in [1.807, 2.05) is 0 Å². The summed E-state index contributed by atoms with van der Waals surface area (Å²) in [5.74, 6) is -3.69. The molecule has 2 aromatic rings. The van der Waals surface area contributed by atoms with E-state index in [1.165, 1.54) is 21.4 Å². The maximum atomic E-state index is 14.3. The number of hydrogen-bond donors (Lipinski definition) is 2. The van der Waals surface area contributed by atoms with E-state index in [1.54, 1.807) is 27.0 Å². The highest BCUT2D eigenvalue weighted by molar-refractivity contribution is 7.99. The highest BCUT2D eigenvalue weighted by Gasteiger charge is 2.30. The van der Waals surface area contributed by atoms with Gasteiger partial charge in [0.2, 0.25) is 5.91 Å². The topological polar surface area (TPSA) is 88.5 Å². The molecule has 0 fully saturated rings. The lowest BCUT2D eigenvalue weighted by molar-refractivity contribution is -0.133. The maximum absolute atomic E-state index is 14.3. The van der Waals surface area contributed by atoms with Crippen LogP contribution in [0.25, 0.3) is 0 Å². The molecule has 1 atom stereocenters. The normalized spacial score (nSPS) is 14.3. The van der Waals surface area contributed by atoms with Crippen molar-refractivity contribution in [1.82, 2.24) is 19.8 Å². The van der Waals surface area contributed by atoms with E-state index in [0.29, 0.717) is 23.6 Å². The van der Waals surface area contributed by atoms with Crippen LogP contribution in [0.4, 0.5) is 28.2 Å². The Morgan fingerprint density at radius 1 is 1.14 bits per heavy atom. The van der Waals surface area contributed by atoms with Crippen LogP contribution >= 0.6 is 11.9 Å². The third-order valence-electron chi connectivity index (χ3n) is 5.21. The van der Waals surface area contributed by atoms with Gasteiger partial charge in [0, 0.05) is 37.9 Å². The highest BCUT2D eigenvalue weighted by Crippen LogP contribution is 2.25. The summed E-state index contributed by atoms with van der Waals surface area (Å²) in [6.07, 6.45) is -0.321. The van der Waals surface area contributed by atoms with E-state index in [4.69, 9.17) is 4.74 Å². The predicted octanol–water partition coefficient (Wildman–Crippen LogP) is 4.00. The fraction of sp³-hybridized carbons (Fsp3) is 0.500. The number of halogens is 4. The Labute approximate surface area is 204 Å². The van der Waals surface area contributed by atoms with Gasteiger partial charge >= 0.3 is 6.09 Å². The second-order valence-electron chi connectivity index (χ2n) is 9.06. The lowest BCUT2D eigenvalue weighted by Crippen LogP contribution is -2.45. The Kier molecular flexibility index (Phi) is 8.18. The smallest absolute Gasteiger partial charge is 0.407 e. The molecule has 0 radical (unpaired) electrons. The fourth-order valence-electron chi connectivity index (χ4n) is 3.69. The van der Waals surface area contributed by atoms with Gasteiger partial charge in [-0.1, -0.05) is 11.9 Å². The van der Waals surface area contributed by atoms with E-state index < -0.39 is 47.2 Å². The van der Waals surface area contributed by atoms with Crippen molar-refractivity contribution in [3.8, 4) is 0 Å². The number of alkyl carbamates (subject to hydrolysis) is 1. The standard InChI is InChI=1S/C22H27F4N5O3S/c1-22(2,3)34-21(33)27-13(7-12-8-15(24)16(25)10-14(12)23)9-18(32)30-5-6-31-17(11-30)19(29-35-4)28-20(31)26/h8,10,13,29H,5-7,9,11H2,1-4H3,(H,27,33). The van der Waals surface area contributed by atoms with Crippen molar-refractivity contribution in [2.75, 3.05) is 17.5 Å². The van der Waals surface area contributed by atoms with Gasteiger partial charge in [-0.25, -0.2) is 18.0 Å². The van der Waals surface area contributed by atoms with Gasteiger partial charge in [-0.15, -0.1) is 0 Å². The molecule has 1 aromatic heterocycles. The lowest BCUT2D eigenvalue weighted by Gasteiger charge is -2.30. The number of rotatable bonds is 7. The number of hydrogen-bond acceptors (Lipinski definition) is 6. The molecule has 1 aliphatic heterocycles. The van der Waals surface area contributed by atoms with Gasteiger partial charge in [0.1, 0.15) is 11.4 Å². The molecule has 2 amide bonds. The third-order valence-corrected chi connectivity index (χ3v) is 5.61. The summed E-state index contributed by atoms with van der Waals surface area (Å²) in [6, 6.07) is 0.128. The predicted molar refractivity (Wildman–Crippen MR) is 123 cm³/mol. The fourth-order valence-corrected chi connectivity index (χ4v) is 4.05. The molecule has 13 heteroatoms. The van der Waals surface area contributed by atoms with Gasteiger partial charge < -0.3 is 19.7 Å². The van der Waals surface area contributed by atoms with Gasteiger partial charge in [0.15, 0.2) is 17.5 Å². The number of amides is 2. The number of benzene rings is 1. The minimum absolute atomic E-state index is 0.0668. The Bertz CT molecular complexity index is 1110. The number of nitrogens with zero attached hydrogens (tertiary/aromatic N) is 3. The molecule has 2 heterocycles. The van der Waals surface area contributed by atoms with Crippen molar-refractivity contribution in [3.05, 3.63) is 46.9 Å². The first-order valence-electron chi connectivity index (χ1n) is 10.8. The molecule has 2 N–H and O–H groups in total. The monoisotopic (exact) mass is 517 g/mol. The Hall–Kier alpha value is -2.96. The van der Waals surface area contributed by atoms with Crippen LogP contribution in [0.5, 0.6) is 0 Å². The molecule has 0 saturated carbocycles. The quantitative estimate of drug-likeness (QED) is 0.328. The summed E-state index contributed by atoms with van der Waals surface area (Å²) in [6.45, 7) is 5.39. The molecular formula is C22H27F4N5O3S. The zero-order chi connectivity index (χ0) is 25.9. The van der Waals surface area contributed by atoms with Crippen LogP contribution in [0.15, 0.2) is 12.1 Å². The van der Waals surface area contributed by atoms with Crippen molar-refractivity contribution in [2.24, 2.45) is 0 Å². The molecule has 1 aromatic carbocycles. The van der Waals surface area contributed by atoms with Gasteiger partial charge in [-0.3, -0.25) is 9.36 Å². The molecule has 0 bridgehead atoms. The Balaban J connectivity index is 1.78. The van der Waals surface area contributed by atoms with Crippen molar-refractivity contribution in [1.29, 1.82) is 0 Å². The van der Waals surface area contributed by atoms with E-state index in [2.05, 4.69) is 15.0 Å². The molecule has 0 aliphatic carbocycles. The zero-order valence-corrected chi connectivity index (χ0v) is 20.6. The molecule has 1 unspecified atom stereocenters. The van der Waals surface area contributed by atoms with E-state index in [0.717, 1.165) is 0 Å². The van der Waals surface area contributed by atoms with Gasteiger partial charge in [-0.2, -0.15) is 9.37 Å². The second kappa shape index (κ2) is 10.8. The number of ether oxygens (including phenoxy) is 1. The first kappa shape index (κ1) is 26.6. The average molecular weight is 518 g/mol. The summed E-state index contributed by atoms with van der Waals surface area (Å²) < 4.78 is 64.9. The molecule has 0 saturated heterocycles. The third kappa shape index (κ3) is 6.80. The summed E-state index contributed by atoms with van der Waals surface area (Å²) >= 11 is 1.23. The Morgan fingerprint density at radius 3 is 2.49 bits per heavy atom. The van der Waals surface area contributed by atoms with Crippen LogP contribution in [-0.2, 0) is 29.0 Å².